The number of fused-ring (bicyclic) bond motifs is 1. The van der Waals surface area contributed by atoms with Gasteiger partial charge in [-0.3, -0.25) is 9.52 Å². The number of hydrogen-bond acceptors (Lipinski definition) is 6. The highest BCUT2D eigenvalue weighted by Crippen LogP contribution is 2.47. The van der Waals surface area contributed by atoms with Gasteiger partial charge in [0, 0.05) is 23.6 Å². The summed E-state index contributed by atoms with van der Waals surface area (Å²) in [6.07, 6.45) is 2.04. The maximum atomic E-state index is 13.8. The Morgan fingerprint density at radius 1 is 0.898 bits per heavy atom. The van der Waals surface area contributed by atoms with Gasteiger partial charge in [-0.2, -0.15) is 0 Å². The number of rotatable bonds is 17. The summed E-state index contributed by atoms with van der Waals surface area (Å²) in [5.74, 6) is -0.535. The topological polar surface area (TPSA) is 107 Å². The molecule has 1 aliphatic carbocycles. The van der Waals surface area contributed by atoms with E-state index in [1.807, 2.05) is 66.7 Å². The molecule has 1 fully saturated rings. The monoisotopic (exact) mass is 682 g/mol. The van der Waals surface area contributed by atoms with Crippen LogP contribution in [0.4, 0.5) is 10.1 Å². The molecule has 254 valence electrons. The van der Waals surface area contributed by atoms with E-state index in [9.17, 15) is 17.6 Å². The largest absolute Gasteiger partial charge is 0.455 e. The number of sulfonamides is 1. The van der Waals surface area contributed by atoms with E-state index in [0.29, 0.717) is 53.2 Å². The number of carbonyl (C=O) groups is 1. The first-order valence-corrected chi connectivity index (χ1v) is 18.0. The molecule has 49 heavy (non-hydrogen) atoms. The lowest BCUT2D eigenvalue weighted by Gasteiger charge is -2.14. The second-order valence-corrected chi connectivity index (χ2v) is 14.1. The molecule has 1 aromatic heterocycles. The number of benzene rings is 4. The highest BCUT2D eigenvalue weighted by Gasteiger charge is 2.31. The van der Waals surface area contributed by atoms with Gasteiger partial charge in [0.2, 0.25) is 10.0 Å². The van der Waals surface area contributed by atoms with Crippen molar-refractivity contribution in [2.24, 2.45) is 0 Å². The lowest BCUT2D eigenvalue weighted by Crippen LogP contribution is -2.27. The number of furan rings is 1. The Morgan fingerprint density at radius 3 is 2.20 bits per heavy atom. The van der Waals surface area contributed by atoms with Gasteiger partial charge < -0.3 is 19.2 Å². The van der Waals surface area contributed by atoms with Crippen LogP contribution >= 0.6 is 0 Å². The summed E-state index contributed by atoms with van der Waals surface area (Å²) in [5.41, 5.74) is 5.11. The van der Waals surface area contributed by atoms with Crippen LogP contribution in [-0.2, 0) is 32.7 Å². The fourth-order valence-electron chi connectivity index (χ4n) is 5.56. The quantitative estimate of drug-likeness (QED) is 0.0761. The van der Waals surface area contributed by atoms with Crippen LogP contribution < -0.4 is 10.0 Å². The molecule has 2 N–H and O–H groups in total. The van der Waals surface area contributed by atoms with Crippen LogP contribution in [0.5, 0.6) is 0 Å². The Morgan fingerprint density at radius 2 is 1.55 bits per heavy atom. The number of anilines is 1. The summed E-state index contributed by atoms with van der Waals surface area (Å²) in [4.78, 5) is 13.7. The number of halogens is 1. The molecule has 0 bridgehead atoms. The number of nitrogens with one attached hydrogen (secondary N) is 2. The minimum Gasteiger partial charge on any atom is -0.455 e. The van der Waals surface area contributed by atoms with Crippen molar-refractivity contribution in [2.75, 3.05) is 30.2 Å². The summed E-state index contributed by atoms with van der Waals surface area (Å²) < 4.78 is 60.9. The average molecular weight is 683 g/mol. The standard InChI is InChI=1S/C39H39FN2O6S/c1-27(24-47-26-29-10-6-3-7-11-29)18-21-49(44,45)42-35-23-36-34(22-33(35)30-12-13-30)37(38(48-36)31-14-16-32(40)17-15-31)39(43)41-19-20-46-25-28-8-4-2-5-9-28/h2-11,14-17,22-23,30,42H,1,12-13,18-21,24-26H2,(H,41,43). The molecule has 0 aliphatic heterocycles. The van der Waals surface area contributed by atoms with Crippen LogP contribution in [0.3, 0.4) is 0 Å². The lowest BCUT2D eigenvalue weighted by atomic mass is 10.0. The van der Waals surface area contributed by atoms with Gasteiger partial charge in [0.15, 0.2) is 0 Å². The molecule has 0 spiro atoms. The molecule has 0 saturated heterocycles. The van der Waals surface area contributed by atoms with Gasteiger partial charge in [0.05, 0.1) is 43.4 Å². The highest BCUT2D eigenvalue weighted by atomic mass is 32.2. The fraction of sp³-hybridized carbons (Fsp3) is 0.256. The number of amides is 1. The van der Waals surface area contributed by atoms with Crippen molar-refractivity contribution in [1.82, 2.24) is 5.32 Å². The van der Waals surface area contributed by atoms with Gasteiger partial charge >= 0.3 is 0 Å². The molecule has 0 radical (unpaired) electrons. The maximum Gasteiger partial charge on any atom is 0.255 e. The van der Waals surface area contributed by atoms with Gasteiger partial charge in [0.25, 0.3) is 5.91 Å². The minimum atomic E-state index is -3.76. The van der Waals surface area contributed by atoms with E-state index in [1.54, 1.807) is 18.2 Å². The number of hydrogen-bond donors (Lipinski definition) is 2. The number of carbonyl (C=O) groups excluding carboxylic acids is 1. The van der Waals surface area contributed by atoms with E-state index < -0.39 is 15.8 Å². The predicted molar refractivity (Wildman–Crippen MR) is 189 cm³/mol. The smallest absolute Gasteiger partial charge is 0.255 e. The molecule has 1 saturated carbocycles. The second kappa shape index (κ2) is 15.6. The Kier molecular flexibility index (Phi) is 10.9. The molecule has 10 heteroatoms. The first-order valence-electron chi connectivity index (χ1n) is 16.3. The van der Waals surface area contributed by atoms with Crippen LogP contribution in [0.25, 0.3) is 22.3 Å². The van der Waals surface area contributed by atoms with Crippen LogP contribution in [0.2, 0.25) is 0 Å². The first kappa shape index (κ1) is 34.1. The Bertz CT molecular complexity index is 2010. The molecule has 6 rings (SSSR count). The zero-order valence-corrected chi connectivity index (χ0v) is 27.9. The second-order valence-electron chi connectivity index (χ2n) is 12.2. The predicted octanol–water partition coefficient (Wildman–Crippen LogP) is 7.97. The summed E-state index contributed by atoms with van der Waals surface area (Å²) in [7, 11) is -3.76. The molecular weight excluding hydrogens is 644 g/mol. The van der Waals surface area contributed by atoms with E-state index in [1.165, 1.54) is 12.1 Å². The van der Waals surface area contributed by atoms with Crippen LogP contribution in [0, 0.1) is 5.82 Å². The summed E-state index contributed by atoms with van der Waals surface area (Å²) in [6.45, 7) is 5.66. The van der Waals surface area contributed by atoms with Crippen molar-refractivity contribution >= 4 is 32.6 Å². The molecule has 5 aromatic rings. The van der Waals surface area contributed by atoms with Crippen molar-refractivity contribution in [3.05, 3.63) is 137 Å². The van der Waals surface area contributed by atoms with Crippen LogP contribution in [-0.4, -0.2) is 39.8 Å². The van der Waals surface area contributed by atoms with E-state index in [2.05, 4.69) is 16.6 Å². The van der Waals surface area contributed by atoms with Crippen LogP contribution in [0.15, 0.2) is 114 Å². The SMILES string of the molecule is C=C(CCS(=O)(=O)Nc1cc2oc(-c3ccc(F)cc3)c(C(=O)NCCOCc3ccccc3)c2cc1C1CC1)COCc1ccccc1. The lowest BCUT2D eigenvalue weighted by molar-refractivity contribution is 0.0902. The average Bonchev–Trinajstić information content (AvgIpc) is 3.88. The third-order valence-corrected chi connectivity index (χ3v) is 9.53. The molecule has 8 nitrogen and oxygen atoms in total. The molecule has 0 unspecified atom stereocenters. The molecule has 0 atom stereocenters. The Hall–Kier alpha value is -4.77. The van der Waals surface area contributed by atoms with Gasteiger partial charge in [-0.05, 0) is 72.2 Å². The van der Waals surface area contributed by atoms with Crippen molar-refractivity contribution < 1.29 is 31.5 Å². The summed E-state index contributed by atoms with van der Waals surface area (Å²) in [6, 6.07) is 28.7. The van der Waals surface area contributed by atoms with Crippen LogP contribution in [0.1, 0.15) is 52.2 Å². The molecule has 1 amide bonds. The van der Waals surface area contributed by atoms with Crippen molar-refractivity contribution in [1.29, 1.82) is 0 Å². The van der Waals surface area contributed by atoms with E-state index in [-0.39, 0.29) is 42.9 Å². The number of ether oxygens (including phenoxy) is 2. The van der Waals surface area contributed by atoms with Gasteiger partial charge in [-0.25, -0.2) is 12.8 Å². The summed E-state index contributed by atoms with van der Waals surface area (Å²) >= 11 is 0. The molecule has 4 aromatic carbocycles. The van der Waals surface area contributed by atoms with Crippen molar-refractivity contribution in [3.63, 3.8) is 0 Å². The highest BCUT2D eigenvalue weighted by molar-refractivity contribution is 7.92. The normalized spacial score (nSPS) is 13.0. The van der Waals surface area contributed by atoms with E-state index in [0.717, 1.165) is 29.5 Å². The first-order chi connectivity index (χ1) is 23.8. The molecule has 1 aliphatic rings. The minimum absolute atomic E-state index is 0.148. The van der Waals surface area contributed by atoms with Crippen molar-refractivity contribution in [2.45, 2.75) is 38.4 Å². The molecule has 1 heterocycles. The van der Waals surface area contributed by atoms with E-state index >= 15 is 0 Å². The Labute approximate surface area is 286 Å². The van der Waals surface area contributed by atoms with Gasteiger partial charge in [0.1, 0.15) is 17.2 Å². The molecular formula is C39H39FN2O6S. The van der Waals surface area contributed by atoms with Gasteiger partial charge in [-0.1, -0.05) is 72.8 Å². The maximum absolute atomic E-state index is 13.8. The van der Waals surface area contributed by atoms with E-state index in [4.69, 9.17) is 13.9 Å². The third-order valence-electron chi connectivity index (χ3n) is 8.26. The Balaban J connectivity index is 1.18. The summed E-state index contributed by atoms with van der Waals surface area (Å²) in [5, 5.41) is 3.48. The zero-order chi connectivity index (χ0) is 34.2. The fourth-order valence-corrected chi connectivity index (χ4v) is 6.73. The zero-order valence-electron chi connectivity index (χ0n) is 27.1. The van der Waals surface area contributed by atoms with Gasteiger partial charge in [-0.15, -0.1) is 0 Å². The third kappa shape index (κ3) is 9.23. The van der Waals surface area contributed by atoms with Crippen molar-refractivity contribution in [3.8, 4) is 11.3 Å².